The van der Waals surface area contributed by atoms with Gasteiger partial charge in [0.2, 0.25) is 5.91 Å². The van der Waals surface area contributed by atoms with Gasteiger partial charge in [0.15, 0.2) is 5.11 Å². The molecule has 0 aliphatic carbocycles. The molecule has 1 aliphatic heterocycles. The van der Waals surface area contributed by atoms with Gasteiger partial charge in [-0.1, -0.05) is 37.6 Å². The van der Waals surface area contributed by atoms with Gasteiger partial charge in [-0.2, -0.15) is 5.10 Å². The molecule has 0 radical (unpaired) electrons. The fourth-order valence-electron chi connectivity index (χ4n) is 4.80. The minimum Gasteiger partial charge on any atom is -0.495 e. The van der Waals surface area contributed by atoms with E-state index in [9.17, 15) is 14.0 Å². The molecule has 1 aromatic heterocycles. The minimum atomic E-state index is -0.933. The molecule has 1 N–H and O–H groups in total. The second-order valence-electron chi connectivity index (χ2n) is 10.0. The fourth-order valence-corrected chi connectivity index (χ4v) is 5.22. The number of anilines is 3. The van der Waals surface area contributed by atoms with Gasteiger partial charge in [0.05, 0.1) is 44.3 Å². The highest BCUT2D eigenvalue weighted by Crippen LogP contribution is 2.36. The van der Waals surface area contributed by atoms with Crippen LogP contribution in [0.2, 0.25) is 0 Å². The number of unbranched alkanes of at least 4 members (excludes halogenated alkanes) is 1. The summed E-state index contributed by atoms with van der Waals surface area (Å²) in [4.78, 5) is 30.2. The van der Waals surface area contributed by atoms with E-state index in [1.54, 1.807) is 82.6 Å². The van der Waals surface area contributed by atoms with Crippen molar-refractivity contribution in [1.82, 2.24) is 9.78 Å². The van der Waals surface area contributed by atoms with E-state index in [1.807, 2.05) is 0 Å². The van der Waals surface area contributed by atoms with Gasteiger partial charge in [-0.15, -0.1) is 0 Å². The quantitative estimate of drug-likeness (QED) is 0.162. The lowest BCUT2D eigenvalue weighted by Gasteiger charge is -2.22. The highest BCUT2D eigenvalue weighted by molar-refractivity contribution is 7.81. The van der Waals surface area contributed by atoms with Crippen LogP contribution in [0.15, 0.2) is 85.2 Å². The van der Waals surface area contributed by atoms with Crippen molar-refractivity contribution in [2.24, 2.45) is 0 Å². The lowest BCUT2D eigenvalue weighted by molar-refractivity contribution is -0.122. The number of halogens is 1. The molecule has 4 aromatic rings. The van der Waals surface area contributed by atoms with Crippen molar-refractivity contribution in [2.45, 2.75) is 38.8 Å². The van der Waals surface area contributed by atoms with Crippen LogP contribution in [0.3, 0.4) is 0 Å². The van der Waals surface area contributed by atoms with Gasteiger partial charge in [0.1, 0.15) is 23.4 Å². The maximum Gasteiger partial charge on any atom is 0.257 e. The van der Waals surface area contributed by atoms with Gasteiger partial charge < -0.3 is 19.7 Å². The number of aromatic nitrogens is 2. The molecule has 0 bridgehead atoms. The third kappa shape index (κ3) is 6.83. The molecule has 11 heteroatoms. The highest BCUT2D eigenvalue weighted by Gasteiger charge is 2.46. The molecule has 0 saturated carbocycles. The van der Waals surface area contributed by atoms with Crippen LogP contribution >= 0.6 is 12.2 Å². The summed E-state index contributed by atoms with van der Waals surface area (Å²) in [5.41, 5.74) is 2.46. The molecule has 2 amide bonds. The van der Waals surface area contributed by atoms with Gasteiger partial charge in [0.25, 0.3) is 5.91 Å². The Kier molecular flexibility index (Phi) is 9.31. The Balaban J connectivity index is 1.38. The number of thiocarbonyl (C=S) groups is 1. The minimum absolute atomic E-state index is 0.164. The van der Waals surface area contributed by atoms with E-state index in [0.29, 0.717) is 36.0 Å². The summed E-state index contributed by atoms with van der Waals surface area (Å²) in [6.07, 6.45) is 5.18. The number of methoxy groups -OCH3 is 1. The molecule has 5 rings (SSSR count). The van der Waals surface area contributed by atoms with Gasteiger partial charge in [-0.05, 0) is 72.7 Å². The van der Waals surface area contributed by atoms with E-state index in [0.717, 1.165) is 24.2 Å². The van der Waals surface area contributed by atoms with Crippen LogP contribution in [0, 0.1) is 5.82 Å². The summed E-state index contributed by atoms with van der Waals surface area (Å²) in [6, 6.07) is 19.4. The Labute approximate surface area is 254 Å². The van der Waals surface area contributed by atoms with Gasteiger partial charge in [-0.25, -0.2) is 4.39 Å². The number of para-hydroxylation sites is 2. The molecule has 43 heavy (non-hydrogen) atoms. The molecule has 1 saturated heterocycles. The zero-order valence-electron chi connectivity index (χ0n) is 23.9. The van der Waals surface area contributed by atoms with E-state index in [1.165, 1.54) is 24.1 Å². The predicted molar refractivity (Wildman–Crippen MR) is 167 cm³/mol. The summed E-state index contributed by atoms with van der Waals surface area (Å²) in [5, 5.41) is 7.52. The van der Waals surface area contributed by atoms with Crippen LogP contribution in [0.4, 0.5) is 21.5 Å². The molecule has 1 fully saturated rings. The Bertz CT molecular complexity index is 1590. The van der Waals surface area contributed by atoms with Crippen LogP contribution in [0.25, 0.3) is 0 Å². The first-order valence-electron chi connectivity index (χ1n) is 14.0. The van der Waals surface area contributed by atoms with Crippen molar-refractivity contribution in [3.05, 3.63) is 96.6 Å². The second kappa shape index (κ2) is 13.5. The SMILES string of the molecule is CCCCOc1ccc(NC(=O)C[C@H]2C(=O)N(c3ccccc3OC)C(=S)N2c2cnn(Cc3ccc(F)cc3)c2)cc1. The first-order valence-corrected chi connectivity index (χ1v) is 14.4. The largest absolute Gasteiger partial charge is 0.495 e. The number of nitrogens with one attached hydrogen (secondary N) is 1. The van der Waals surface area contributed by atoms with Crippen LogP contribution < -0.4 is 24.6 Å². The number of nitrogens with zero attached hydrogens (tertiary/aromatic N) is 4. The normalized spacial score (nSPS) is 14.7. The zero-order valence-corrected chi connectivity index (χ0v) is 24.7. The number of benzene rings is 3. The average Bonchev–Trinajstić information content (AvgIpc) is 3.56. The summed E-state index contributed by atoms with van der Waals surface area (Å²) in [6.45, 7) is 3.11. The predicted octanol–water partition coefficient (Wildman–Crippen LogP) is 5.79. The summed E-state index contributed by atoms with van der Waals surface area (Å²) in [7, 11) is 1.52. The molecule has 0 unspecified atom stereocenters. The van der Waals surface area contributed by atoms with Crippen molar-refractivity contribution < 1.29 is 23.5 Å². The summed E-state index contributed by atoms with van der Waals surface area (Å²) < 4.78 is 26.3. The van der Waals surface area contributed by atoms with E-state index < -0.39 is 6.04 Å². The number of carbonyl (C=O) groups excluding carboxylic acids is 2. The number of hydrogen-bond acceptors (Lipinski definition) is 6. The molecule has 1 aliphatic rings. The zero-order chi connectivity index (χ0) is 30.3. The van der Waals surface area contributed by atoms with Crippen molar-refractivity contribution in [2.75, 3.05) is 28.8 Å². The lowest BCUT2D eigenvalue weighted by Crippen LogP contribution is -2.37. The Morgan fingerprint density at radius 1 is 1.07 bits per heavy atom. The van der Waals surface area contributed by atoms with Crippen molar-refractivity contribution in [1.29, 1.82) is 0 Å². The van der Waals surface area contributed by atoms with Crippen molar-refractivity contribution in [3.63, 3.8) is 0 Å². The maximum atomic E-state index is 13.9. The molecule has 1 atom stereocenters. The van der Waals surface area contributed by atoms with E-state index in [2.05, 4.69) is 17.3 Å². The second-order valence-corrected chi connectivity index (χ2v) is 10.4. The van der Waals surface area contributed by atoms with E-state index in [4.69, 9.17) is 21.7 Å². The smallest absolute Gasteiger partial charge is 0.257 e. The fraction of sp³-hybridized carbons (Fsp3) is 0.250. The monoisotopic (exact) mass is 601 g/mol. The third-order valence-electron chi connectivity index (χ3n) is 6.98. The van der Waals surface area contributed by atoms with Crippen LogP contribution in [0.1, 0.15) is 31.7 Å². The number of rotatable bonds is 12. The summed E-state index contributed by atoms with van der Waals surface area (Å²) >= 11 is 5.83. The maximum absolute atomic E-state index is 13.9. The van der Waals surface area contributed by atoms with E-state index >= 15 is 0 Å². The number of carbonyl (C=O) groups is 2. The van der Waals surface area contributed by atoms with Crippen LogP contribution in [-0.4, -0.2) is 46.5 Å². The van der Waals surface area contributed by atoms with Crippen molar-refractivity contribution in [3.8, 4) is 11.5 Å². The number of hydrogen-bond donors (Lipinski definition) is 1. The molecule has 0 spiro atoms. The number of ether oxygens (including phenoxy) is 2. The van der Waals surface area contributed by atoms with Gasteiger partial charge in [-0.3, -0.25) is 19.2 Å². The Hall–Kier alpha value is -4.77. The molecular weight excluding hydrogens is 569 g/mol. The third-order valence-corrected chi connectivity index (χ3v) is 7.36. The van der Waals surface area contributed by atoms with Crippen LogP contribution in [-0.2, 0) is 16.1 Å². The topological polar surface area (TPSA) is 88.9 Å². The Morgan fingerprint density at radius 3 is 2.53 bits per heavy atom. The molecule has 3 aromatic carbocycles. The molecule has 2 heterocycles. The summed E-state index contributed by atoms with van der Waals surface area (Å²) in [5.74, 6) is 0.150. The molecule has 222 valence electrons. The highest BCUT2D eigenvalue weighted by atomic mass is 32.1. The van der Waals surface area contributed by atoms with Crippen LogP contribution in [0.5, 0.6) is 11.5 Å². The van der Waals surface area contributed by atoms with Gasteiger partial charge >= 0.3 is 0 Å². The standard InChI is InChI=1S/C32H32FN5O4S/c1-3-4-17-42-26-15-13-24(14-16-26)35-30(39)18-28-31(40)38(27-7-5-6-8-29(27)41-2)32(43)37(28)25-19-34-36(21-25)20-22-9-11-23(33)12-10-22/h5-16,19,21,28H,3-4,17-18,20H2,1-2H3,(H,35,39)/t28-/m0/s1. The van der Waals surface area contributed by atoms with Gasteiger partial charge in [0, 0.05) is 11.9 Å². The lowest BCUT2D eigenvalue weighted by atomic mass is 10.1. The van der Waals surface area contributed by atoms with E-state index in [-0.39, 0.29) is 29.2 Å². The Morgan fingerprint density at radius 2 is 1.81 bits per heavy atom. The molecule has 9 nitrogen and oxygen atoms in total. The average molecular weight is 602 g/mol. The first kappa shape index (κ1) is 29.7. The number of amides is 2. The van der Waals surface area contributed by atoms with Crippen molar-refractivity contribution >= 4 is 46.2 Å². The molecular formula is C32H32FN5O4S. The first-order chi connectivity index (χ1) is 20.9.